The Kier molecular flexibility index (Phi) is 1.23. The molecule has 0 radical (unpaired) electrons. The molecule has 0 N–H and O–H groups in total. The van der Waals surface area contributed by atoms with Crippen LogP contribution in [0.5, 0.6) is 0 Å². The third kappa shape index (κ3) is 1.04. The highest BCUT2D eigenvalue weighted by molar-refractivity contribution is 6.26. The Labute approximate surface area is 86.5 Å². The molecule has 0 saturated carbocycles. The van der Waals surface area contributed by atoms with Gasteiger partial charge in [0.2, 0.25) is 0 Å². The van der Waals surface area contributed by atoms with E-state index >= 15 is 0 Å². The number of rotatable bonds is 0. The van der Waals surface area contributed by atoms with Crippen LogP contribution in [0.4, 0.5) is 0 Å². The largest absolute Gasteiger partial charge is 0.289 e. The van der Waals surface area contributed by atoms with Crippen LogP contribution in [-0.2, 0) is 0 Å². The minimum absolute atomic E-state index is 0.0219. The lowest BCUT2D eigenvalue weighted by molar-refractivity contribution is 0.0975. The number of carbonyl (C=O) groups excluding carboxylic acids is 2. The zero-order chi connectivity index (χ0) is 12.8. The van der Waals surface area contributed by atoms with Crippen molar-refractivity contribution >= 4 is 11.6 Å². The van der Waals surface area contributed by atoms with Crippen molar-refractivity contribution < 1.29 is 13.7 Å². The molecule has 0 aromatic heterocycles. The summed E-state index contributed by atoms with van der Waals surface area (Å²) in [5.41, 5.74) is 0.118. The molecule has 1 aliphatic rings. The number of carbonyl (C=O) groups is 2. The molecule has 2 rings (SSSR count). The van der Waals surface area contributed by atoms with Gasteiger partial charge in [-0.1, -0.05) is 24.3 Å². The van der Waals surface area contributed by atoms with Crippen molar-refractivity contribution in [1.29, 1.82) is 0 Å². The van der Waals surface area contributed by atoms with Gasteiger partial charge in [0.05, 0.1) is 0 Å². The fourth-order valence-electron chi connectivity index (χ4n) is 1.50. The number of hydrogen-bond donors (Lipinski definition) is 0. The molecular formula is C12H10O2. The molecule has 14 heavy (non-hydrogen) atoms. The molecule has 1 aromatic carbocycles. The molecule has 0 atom stereocenters. The van der Waals surface area contributed by atoms with Crippen LogP contribution in [0.25, 0.3) is 0 Å². The average molecular weight is 189 g/mol. The van der Waals surface area contributed by atoms with Gasteiger partial charge in [0, 0.05) is 26.4 Å². The molecule has 1 aliphatic carbocycles. The standard InChI is InChI=1S/C12H10O2/c1-7-8(2)12(14)10-6-4-3-5-9(10)11(7)13/h3-6H,1-2H3/i1D3. The third-order valence-corrected chi connectivity index (χ3v) is 2.36. The Morgan fingerprint density at radius 1 is 1.00 bits per heavy atom. The van der Waals surface area contributed by atoms with Gasteiger partial charge in [-0.2, -0.15) is 0 Å². The molecule has 2 heteroatoms. The summed E-state index contributed by atoms with van der Waals surface area (Å²) in [6, 6.07) is 6.28. The van der Waals surface area contributed by atoms with E-state index in [4.69, 9.17) is 4.11 Å². The Bertz CT molecular complexity index is 553. The zero-order valence-electron chi connectivity index (χ0n) is 10.6. The van der Waals surface area contributed by atoms with Gasteiger partial charge >= 0.3 is 0 Å². The normalized spacial score (nSPS) is 19.9. The predicted molar refractivity (Wildman–Crippen MR) is 53.5 cm³/mol. The minimum Gasteiger partial charge on any atom is -0.289 e. The second kappa shape index (κ2) is 2.91. The van der Waals surface area contributed by atoms with Crippen molar-refractivity contribution in [2.75, 3.05) is 0 Å². The molecule has 0 heterocycles. The number of ketones is 2. The molecule has 1 aromatic rings. The first kappa shape index (κ1) is 5.91. The first-order valence-electron chi connectivity index (χ1n) is 5.74. The Morgan fingerprint density at radius 2 is 1.50 bits per heavy atom. The highest BCUT2D eigenvalue weighted by atomic mass is 16.1. The van der Waals surface area contributed by atoms with Crippen LogP contribution < -0.4 is 0 Å². The van der Waals surface area contributed by atoms with E-state index < -0.39 is 12.6 Å². The fraction of sp³-hybridized carbons (Fsp3) is 0.167. The van der Waals surface area contributed by atoms with Crippen molar-refractivity contribution in [3.63, 3.8) is 0 Å². The number of hydrogen-bond acceptors (Lipinski definition) is 2. The fourth-order valence-corrected chi connectivity index (χ4v) is 1.50. The molecule has 0 amide bonds. The topological polar surface area (TPSA) is 34.1 Å². The smallest absolute Gasteiger partial charge is 0.189 e. The van der Waals surface area contributed by atoms with Crippen LogP contribution in [0.3, 0.4) is 0 Å². The van der Waals surface area contributed by atoms with E-state index in [2.05, 4.69) is 0 Å². The van der Waals surface area contributed by atoms with E-state index in [0.717, 1.165) is 0 Å². The molecule has 0 bridgehead atoms. The number of Topliss-reactive ketones (excluding diaryl/α,β-unsaturated/α-hetero) is 2. The van der Waals surface area contributed by atoms with Gasteiger partial charge in [-0.3, -0.25) is 9.59 Å². The number of allylic oxidation sites excluding steroid dienone is 2. The first-order valence-corrected chi connectivity index (χ1v) is 4.24. The summed E-state index contributed by atoms with van der Waals surface area (Å²) in [7, 11) is 0. The number of benzene rings is 1. The van der Waals surface area contributed by atoms with Crippen molar-refractivity contribution in [3.05, 3.63) is 46.5 Å². The summed E-state index contributed by atoms with van der Waals surface area (Å²) in [6.07, 6.45) is 0. The summed E-state index contributed by atoms with van der Waals surface area (Å²) >= 11 is 0. The van der Waals surface area contributed by atoms with Crippen molar-refractivity contribution in [2.45, 2.75) is 13.8 Å². The molecule has 0 saturated heterocycles. The maximum atomic E-state index is 12.0. The lowest BCUT2D eigenvalue weighted by Gasteiger charge is -2.15. The van der Waals surface area contributed by atoms with E-state index in [1.54, 1.807) is 12.1 Å². The summed E-state index contributed by atoms with van der Waals surface area (Å²) < 4.78 is 22.0. The molecule has 0 unspecified atom stereocenters. The van der Waals surface area contributed by atoms with Gasteiger partial charge in [0.1, 0.15) is 0 Å². The summed E-state index contributed by atoms with van der Waals surface area (Å²) in [5, 5.41) is 0. The molecular weight excluding hydrogens is 176 g/mol. The van der Waals surface area contributed by atoms with E-state index in [9.17, 15) is 9.59 Å². The monoisotopic (exact) mass is 189 g/mol. The second-order valence-corrected chi connectivity index (χ2v) is 3.20. The quantitative estimate of drug-likeness (QED) is 0.628. The Hall–Kier alpha value is -1.70. The van der Waals surface area contributed by atoms with Gasteiger partial charge < -0.3 is 0 Å². The van der Waals surface area contributed by atoms with Gasteiger partial charge in [-0.05, 0) is 13.8 Å². The predicted octanol–water partition coefficient (Wildman–Crippen LogP) is 2.40. The Morgan fingerprint density at radius 3 is 2.00 bits per heavy atom. The molecule has 0 aliphatic heterocycles. The Balaban J connectivity index is 2.71. The lowest BCUT2D eigenvalue weighted by Crippen LogP contribution is -2.19. The zero-order valence-corrected chi connectivity index (χ0v) is 7.63. The highest BCUT2D eigenvalue weighted by Crippen LogP contribution is 2.25. The van der Waals surface area contributed by atoms with Crippen LogP contribution in [0, 0.1) is 0 Å². The van der Waals surface area contributed by atoms with E-state index in [1.165, 1.54) is 19.1 Å². The van der Waals surface area contributed by atoms with Crippen molar-refractivity contribution in [1.82, 2.24) is 0 Å². The highest BCUT2D eigenvalue weighted by Gasteiger charge is 2.26. The van der Waals surface area contributed by atoms with Crippen LogP contribution in [0.2, 0.25) is 0 Å². The van der Waals surface area contributed by atoms with E-state index in [1.807, 2.05) is 0 Å². The van der Waals surface area contributed by atoms with Crippen LogP contribution in [-0.4, -0.2) is 11.6 Å². The minimum atomic E-state index is -2.55. The van der Waals surface area contributed by atoms with Gasteiger partial charge in [0.15, 0.2) is 11.6 Å². The van der Waals surface area contributed by atoms with Crippen molar-refractivity contribution in [2.24, 2.45) is 0 Å². The third-order valence-electron chi connectivity index (χ3n) is 2.36. The van der Waals surface area contributed by atoms with Gasteiger partial charge in [0.25, 0.3) is 0 Å². The molecule has 0 spiro atoms. The SMILES string of the molecule is [2H]C([2H])([2H])C1=C(C)C(=O)c2ccccc2C1=O. The maximum Gasteiger partial charge on any atom is 0.189 e. The molecule has 70 valence electrons. The lowest BCUT2D eigenvalue weighted by atomic mass is 9.85. The average Bonchev–Trinajstić information content (AvgIpc) is 2.24. The van der Waals surface area contributed by atoms with E-state index in [-0.39, 0.29) is 28.1 Å². The first-order chi connectivity index (χ1) is 7.84. The summed E-state index contributed by atoms with van der Waals surface area (Å²) in [4.78, 5) is 24.0. The summed E-state index contributed by atoms with van der Waals surface area (Å²) in [6.45, 7) is -1.16. The van der Waals surface area contributed by atoms with Crippen molar-refractivity contribution in [3.8, 4) is 0 Å². The second-order valence-electron chi connectivity index (χ2n) is 3.20. The van der Waals surface area contributed by atoms with Crippen LogP contribution >= 0.6 is 0 Å². The summed E-state index contributed by atoms with van der Waals surface area (Å²) in [5.74, 6) is -0.955. The van der Waals surface area contributed by atoms with Gasteiger partial charge in [-0.15, -0.1) is 0 Å². The maximum absolute atomic E-state index is 12.0. The van der Waals surface area contributed by atoms with Crippen LogP contribution in [0.1, 0.15) is 38.6 Å². The van der Waals surface area contributed by atoms with E-state index in [0.29, 0.717) is 0 Å². The number of fused-ring (bicyclic) bond motifs is 1. The van der Waals surface area contributed by atoms with Gasteiger partial charge in [-0.25, -0.2) is 0 Å². The molecule has 2 nitrogen and oxygen atoms in total. The van der Waals surface area contributed by atoms with Crippen LogP contribution in [0.15, 0.2) is 35.4 Å². The molecule has 0 fully saturated rings.